The molecule has 120 valence electrons. The molecule has 0 fully saturated rings. The average molecular weight is 401 g/mol. The van der Waals surface area contributed by atoms with Crippen LogP contribution in [-0.4, -0.2) is 18.5 Å². The molecule has 1 N–H and O–H groups in total. The van der Waals surface area contributed by atoms with E-state index in [4.69, 9.17) is 16.3 Å². The third-order valence-corrected chi connectivity index (χ3v) is 3.64. The monoisotopic (exact) mass is 399 g/mol. The number of anilines is 1. The Labute approximate surface area is 145 Å². The Balaban J connectivity index is 1.81. The summed E-state index contributed by atoms with van der Waals surface area (Å²) in [7, 11) is 0. The number of ether oxygens (including phenoxy) is 1. The van der Waals surface area contributed by atoms with E-state index >= 15 is 0 Å². The normalized spacial score (nSPS) is 10.2. The molecule has 0 heterocycles. The summed E-state index contributed by atoms with van der Waals surface area (Å²) >= 11 is 9.23. The topological polar surface area (TPSA) is 55.4 Å². The number of hydrogen-bond donors (Lipinski definition) is 1. The molecule has 0 aliphatic carbocycles. The summed E-state index contributed by atoms with van der Waals surface area (Å²) in [6.45, 7) is -0.424. The lowest BCUT2D eigenvalue weighted by molar-refractivity contribution is -0.146. The van der Waals surface area contributed by atoms with Gasteiger partial charge in [0.1, 0.15) is 5.82 Å². The summed E-state index contributed by atoms with van der Waals surface area (Å²) < 4.78 is 18.4. The van der Waals surface area contributed by atoms with E-state index in [1.807, 2.05) is 0 Å². The Morgan fingerprint density at radius 3 is 2.52 bits per heavy atom. The van der Waals surface area contributed by atoms with Crippen molar-refractivity contribution in [3.63, 3.8) is 0 Å². The van der Waals surface area contributed by atoms with Crippen molar-refractivity contribution < 1.29 is 18.7 Å². The standard InChI is InChI=1S/C16H12BrClFNO3/c17-11-3-6-14(13(18)8-11)20-15(21)9-23-16(22)7-10-1-4-12(19)5-2-10/h1-6,8H,7,9H2,(H,20,21). The summed E-state index contributed by atoms with van der Waals surface area (Å²) in [5.41, 5.74) is 1.03. The number of benzene rings is 2. The zero-order valence-corrected chi connectivity index (χ0v) is 14.2. The van der Waals surface area contributed by atoms with Crippen LogP contribution < -0.4 is 5.32 Å². The molecule has 0 aliphatic heterocycles. The van der Waals surface area contributed by atoms with Crippen molar-refractivity contribution in [2.75, 3.05) is 11.9 Å². The van der Waals surface area contributed by atoms with Gasteiger partial charge in [-0.15, -0.1) is 0 Å². The Kier molecular flexibility index (Phi) is 6.12. The minimum absolute atomic E-state index is 0.0351. The molecule has 0 radical (unpaired) electrons. The molecule has 7 heteroatoms. The first-order chi connectivity index (χ1) is 10.9. The van der Waals surface area contributed by atoms with Gasteiger partial charge in [-0.05, 0) is 35.9 Å². The third kappa shape index (κ3) is 5.65. The van der Waals surface area contributed by atoms with Crippen LogP contribution in [0.4, 0.5) is 10.1 Å². The van der Waals surface area contributed by atoms with Crippen LogP contribution in [0.5, 0.6) is 0 Å². The van der Waals surface area contributed by atoms with Crippen LogP contribution in [0.2, 0.25) is 5.02 Å². The fourth-order valence-corrected chi connectivity index (χ4v) is 2.46. The van der Waals surface area contributed by atoms with Gasteiger partial charge in [0.25, 0.3) is 5.91 Å². The highest BCUT2D eigenvalue weighted by atomic mass is 79.9. The molecule has 23 heavy (non-hydrogen) atoms. The zero-order chi connectivity index (χ0) is 16.8. The molecule has 0 aromatic heterocycles. The molecule has 0 saturated heterocycles. The zero-order valence-electron chi connectivity index (χ0n) is 11.8. The number of carbonyl (C=O) groups is 2. The van der Waals surface area contributed by atoms with E-state index in [9.17, 15) is 14.0 Å². The molecule has 0 aliphatic rings. The second-order valence-electron chi connectivity index (χ2n) is 4.64. The summed E-state index contributed by atoms with van der Waals surface area (Å²) in [4.78, 5) is 23.4. The van der Waals surface area contributed by atoms with E-state index < -0.39 is 18.5 Å². The van der Waals surface area contributed by atoms with Crippen molar-refractivity contribution in [3.05, 3.63) is 63.3 Å². The van der Waals surface area contributed by atoms with Gasteiger partial charge in [-0.3, -0.25) is 9.59 Å². The number of hydrogen-bond acceptors (Lipinski definition) is 3. The molecule has 1 amide bonds. The molecule has 0 unspecified atom stereocenters. The van der Waals surface area contributed by atoms with Gasteiger partial charge in [0, 0.05) is 4.47 Å². The number of nitrogens with one attached hydrogen (secondary N) is 1. The third-order valence-electron chi connectivity index (χ3n) is 2.83. The lowest BCUT2D eigenvalue weighted by Crippen LogP contribution is -2.21. The minimum Gasteiger partial charge on any atom is -0.455 e. The summed E-state index contributed by atoms with van der Waals surface area (Å²) in [6.07, 6.45) is -0.0351. The van der Waals surface area contributed by atoms with Gasteiger partial charge in [0.05, 0.1) is 17.1 Å². The second kappa shape index (κ2) is 8.08. The number of carbonyl (C=O) groups excluding carboxylic acids is 2. The maximum atomic E-state index is 12.8. The summed E-state index contributed by atoms with van der Waals surface area (Å²) in [5.74, 6) is -1.46. The SMILES string of the molecule is O=C(COC(=O)Cc1ccc(F)cc1)Nc1ccc(Br)cc1Cl. The highest BCUT2D eigenvalue weighted by molar-refractivity contribution is 9.10. The van der Waals surface area contributed by atoms with Gasteiger partial charge in [-0.1, -0.05) is 39.7 Å². The number of halogens is 3. The average Bonchev–Trinajstić information content (AvgIpc) is 2.50. The number of amides is 1. The van der Waals surface area contributed by atoms with Crippen molar-refractivity contribution in [2.45, 2.75) is 6.42 Å². The smallest absolute Gasteiger partial charge is 0.310 e. The lowest BCUT2D eigenvalue weighted by Gasteiger charge is -2.08. The Morgan fingerprint density at radius 2 is 1.87 bits per heavy atom. The van der Waals surface area contributed by atoms with Gasteiger partial charge in [-0.2, -0.15) is 0 Å². The summed E-state index contributed by atoms with van der Waals surface area (Å²) in [6, 6.07) is 10.5. The van der Waals surface area contributed by atoms with Gasteiger partial charge < -0.3 is 10.1 Å². The van der Waals surface area contributed by atoms with E-state index in [0.717, 1.165) is 4.47 Å². The van der Waals surface area contributed by atoms with Crippen molar-refractivity contribution >= 4 is 45.1 Å². The van der Waals surface area contributed by atoms with Crippen LogP contribution in [0.1, 0.15) is 5.56 Å². The molecule has 4 nitrogen and oxygen atoms in total. The van der Waals surface area contributed by atoms with Crippen LogP contribution in [0.15, 0.2) is 46.9 Å². The van der Waals surface area contributed by atoms with Crippen LogP contribution in [0.25, 0.3) is 0 Å². The van der Waals surface area contributed by atoms with E-state index in [-0.39, 0.29) is 12.2 Å². The first-order valence-electron chi connectivity index (χ1n) is 6.59. The molecule has 2 aromatic carbocycles. The van der Waals surface area contributed by atoms with E-state index in [1.54, 1.807) is 18.2 Å². The fourth-order valence-electron chi connectivity index (χ4n) is 1.74. The maximum absolute atomic E-state index is 12.8. The first kappa shape index (κ1) is 17.4. The summed E-state index contributed by atoms with van der Waals surface area (Å²) in [5, 5.41) is 2.91. The van der Waals surface area contributed by atoms with Crippen LogP contribution >= 0.6 is 27.5 Å². The molecular weight excluding hydrogens is 389 g/mol. The molecule has 0 spiro atoms. The first-order valence-corrected chi connectivity index (χ1v) is 7.76. The quantitative estimate of drug-likeness (QED) is 0.773. The Bertz CT molecular complexity index is 722. The van der Waals surface area contributed by atoms with Gasteiger partial charge in [-0.25, -0.2) is 4.39 Å². The largest absolute Gasteiger partial charge is 0.455 e. The lowest BCUT2D eigenvalue weighted by atomic mass is 10.1. The number of rotatable bonds is 5. The van der Waals surface area contributed by atoms with Crippen LogP contribution in [-0.2, 0) is 20.7 Å². The van der Waals surface area contributed by atoms with Crippen molar-refractivity contribution in [1.29, 1.82) is 0 Å². The van der Waals surface area contributed by atoms with Crippen LogP contribution in [0.3, 0.4) is 0 Å². The fraction of sp³-hybridized carbons (Fsp3) is 0.125. The molecule has 0 bridgehead atoms. The Morgan fingerprint density at radius 1 is 1.17 bits per heavy atom. The maximum Gasteiger partial charge on any atom is 0.310 e. The molecule has 0 saturated carbocycles. The second-order valence-corrected chi connectivity index (χ2v) is 5.96. The van der Waals surface area contributed by atoms with Crippen molar-refractivity contribution in [3.8, 4) is 0 Å². The van der Waals surface area contributed by atoms with Gasteiger partial charge >= 0.3 is 5.97 Å². The Hall–Kier alpha value is -1.92. The van der Waals surface area contributed by atoms with Crippen LogP contribution in [0, 0.1) is 5.82 Å². The van der Waals surface area contributed by atoms with Crippen molar-refractivity contribution in [2.24, 2.45) is 0 Å². The van der Waals surface area contributed by atoms with E-state index in [1.165, 1.54) is 24.3 Å². The number of esters is 1. The molecule has 2 rings (SSSR count). The van der Waals surface area contributed by atoms with Gasteiger partial charge in [0.2, 0.25) is 0 Å². The predicted octanol–water partition coefficient (Wildman–Crippen LogP) is 3.97. The highest BCUT2D eigenvalue weighted by Crippen LogP contribution is 2.25. The predicted molar refractivity (Wildman–Crippen MR) is 88.8 cm³/mol. The highest BCUT2D eigenvalue weighted by Gasteiger charge is 2.10. The van der Waals surface area contributed by atoms with Crippen molar-refractivity contribution in [1.82, 2.24) is 0 Å². The molecule has 2 aromatic rings. The molecule has 0 atom stereocenters. The van der Waals surface area contributed by atoms with E-state index in [0.29, 0.717) is 16.3 Å². The van der Waals surface area contributed by atoms with Gasteiger partial charge in [0.15, 0.2) is 6.61 Å². The minimum atomic E-state index is -0.575. The molecular formula is C16H12BrClFNO3. The van der Waals surface area contributed by atoms with E-state index in [2.05, 4.69) is 21.2 Å².